The molecule has 0 aliphatic rings. The van der Waals surface area contributed by atoms with E-state index >= 15 is 0 Å². The number of nitrogens with one attached hydrogen (secondary N) is 1. The maximum atomic E-state index is 6.31. The van der Waals surface area contributed by atoms with Crippen molar-refractivity contribution in [2.45, 2.75) is 19.4 Å². The van der Waals surface area contributed by atoms with Crippen molar-refractivity contribution in [3.63, 3.8) is 0 Å². The van der Waals surface area contributed by atoms with Crippen LogP contribution in [-0.2, 0) is 6.42 Å². The lowest BCUT2D eigenvalue weighted by Gasteiger charge is -2.20. The fourth-order valence-corrected chi connectivity index (χ4v) is 2.75. The maximum Gasteiger partial charge on any atom is 0.0640 e. The summed E-state index contributed by atoms with van der Waals surface area (Å²) in [5.74, 6) is 0. The second kappa shape index (κ2) is 7.28. The Kier molecular flexibility index (Phi) is 5.67. The van der Waals surface area contributed by atoms with Crippen molar-refractivity contribution in [1.29, 1.82) is 0 Å². The average molecular weight is 330 g/mol. The molecule has 0 fully saturated rings. The zero-order valence-corrected chi connectivity index (χ0v) is 13.3. The molecule has 1 aromatic carbocycles. The van der Waals surface area contributed by atoms with Crippen molar-refractivity contribution in [1.82, 2.24) is 10.3 Å². The van der Waals surface area contributed by atoms with Gasteiger partial charge in [-0.3, -0.25) is 4.98 Å². The number of pyridine rings is 1. The van der Waals surface area contributed by atoms with E-state index in [0.29, 0.717) is 15.1 Å². The van der Waals surface area contributed by atoms with Gasteiger partial charge in [-0.05, 0) is 36.2 Å². The van der Waals surface area contributed by atoms with Crippen molar-refractivity contribution in [2.24, 2.45) is 0 Å². The molecule has 0 saturated heterocycles. The molecule has 0 radical (unpaired) electrons. The lowest BCUT2D eigenvalue weighted by atomic mass is 9.99. The van der Waals surface area contributed by atoms with E-state index in [1.54, 1.807) is 18.5 Å². The van der Waals surface area contributed by atoms with Crippen LogP contribution in [0.15, 0.2) is 36.7 Å². The first-order chi connectivity index (χ1) is 9.63. The Balaban J connectivity index is 2.32. The SMILES string of the molecule is CCNC(Cc1ccncc1Cl)c1cccc(Cl)c1Cl. The van der Waals surface area contributed by atoms with Gasteiger partial charge in [-0.1, -0.05) is 53.9 Å². The topological polar surface area (TPSA) is 24.9 Å². The Hall–Kier alpha value is -0.800. The predicted molar refractivity (Wildman–Crippen MR) is 85.8 cm³/mol. The molecule has 0 bridgehead atoms. The van der Waals surface area contributed by atoms with Gasteiger partial charge >= 0.3 is 0 Å². The maximum absolute atomic E-state index is 6.31. The van der Waals surface area contributed by atoms with Crippen molar-refractivity contribution in [3.05, 3.63) is 62.9 Å². The molecular weight excluding hydrogens is 315 g/mol. The Morgan fingerprint density at radius 2 is 1.95 bits per heavy atom. The average Bonchev–Trinajstić information content (AvgIpc) is 2.44. The Morgan fingerprint density at radius 3 is 2.65 bits per heavy atom. The molecule has 0 aliphatic carbocycles. The number of aromatic nitrogens is 1. The quantitative estimate of drug-likeness (QED) is 0.841. The summed E-state index contributed by atoms with van der Waals surface area (Å²) >= 11 is 18.6. The highest BCUT2D eigenvalue weighted by molar-refractivity contribution is 6.42. The standard InChI is InChI=1S/C15H15Cl3N2/c1-2-20-14(8-10-6-7-19-9-13(10)17)11-4-3-5-12(16)15(11)18/h3-7,9,14,20H,2,8H2,1H3. The third kappa shape index (κ3) is 3.64. The Morgan fingerprint density at radius 1 is 1.15 bits per heavy atom. The highest BCUT2D eigenvalue weighted by Gasteiger charge is 2.17. The van der Waals surface area contributed by atoms with Gasteiger partial charge in [-0.2, -0.15) is 0 Å². The van der Waals surface area contributed by atoms with Gasteiger partial charge in [0.25, 0.3) is 0 Å². The summed E-state index contributed by atoms with van der Waals surface area (Å²) in [5, 5.41) is 5.23. The largest absolute Gasteiger partial charge is 0.310 e. The second-order valence-electron chi connectivity index (χ2n) is 4.42. The van der Waals surface area contributed by atoms with E-state index in [4.69, 9.17) is 34.8 Å². The molecule has 2 rings (SSSR count). The van der Waals surface area contributed by atoms with Crippen LogP contribution in [0.25, 0.3) is 0 Å². The second-order valence-corrected chi connectivity index (χ2v) is 5.62. The number of likely N-dealkylation sites (N-methyl/N-ethyl adjacent to an activating group) is 1. The molecule has 5 heteroatoms. The summed E-state index contributed by atoms with van der Waals surface area (Å²) in [6.07, 6.45) is 4.12. The summed E-state index contributed by atoms with van der Waals surface area (Å²) in [6.45, 7) is 2.88. The number of nitrogens with zero attached hydrogens (tertiary/aromatic N) is 1. The van der Waals surface area contributed by atoms with Gasteiger partial charge in [-0.25, -0.2) is 0 Å². The van der Waals surface area contributed by atoms with Gasteiger partial charge in [0.15, 0.2) is 0 Å². The fraction of sp³-hybridized carbons (Fsp3) is 0.267. The minimum Gasteiger partial charge on any atom is -0.310 e. The molecule has 0 saturated carbocycles. The third-order valence-corrected chi connectivity index (χ3v) is 4.26. The van der Waals surface area contributed by atoms with E-state index in [-0.39, 0.29) is 6.04 Å². The monoisotopic (exact) mass is 328 g/mol. The van der Waals surface area contributed by atoms with E-state index < -0.39 is 0 Å². The van der Waals surface area contributed by atoms with Gasteiger partial charge in [0.05, 0.1) is 15.1 Å². The molecule has 106 valence electrons. The molecule has 20 heavy (non-hydrogen) atoms. The van der Waals surface area contributed by atoms with Crippen molar-refractivity contribution >= 4 is 34.8 Å². The fourth-order valence-electron chi connectivity index (χ4n) is 2.12. The third-order valence-electron chi connectivity index (χ3n) is 3.09. The molecule has 1 aromatic heterocycles. The van der Waals surface area contributed by atoms with Crippen molar-refractivity contribution < 1.29 is 0 Å². The van der Waals surface area contributed by atoms with E-state index in [9.17, 15) is 0 Å². The van der Waals surface area contributed by atoms with Crippen LogP contribution in [0.5, 0.6) is 0 Å². The van der Waals surface area contributed by atoms with E-state index in [1.807, 2.05) is 18.2 Å². The molecule has 0 aliphatic heterocycles. The van der Waals surface area contributed by atoms with Crippen LogP contribution in [0.1, 0.15) is 24.1 Å². The first-order valence-corrected chi connectivity index (χ1v) is 7.52. The Bertz CT molecular complexity index is 587. The number of halogens is 3. The molecule has 0 amide bonds. The first kappa shape index (κ1) is 15.6. The van der Waals surface area contributed by atoms with Gasteiger partial charge in [0, 0.05) is 18.4 Å². The number of benzene rings is 1. The van der Waals surface area contributed by atoms with Crippen LogP contribution < -0.4 is 5.32 Å². The Labute approximate surface area is 134 Å². The van der Waals surface area contributed by atoms with Gasteiger partial charge in [0.2, 0.25) is 0 Å². The molecule has 1 heterocycles. The first-order valence-electron chi connectivity index (χ1n) is 6.39. The lowest BCUT2D eigenvalue weighted by molar-refractivity contribution is 0.550. The highest BCUT2D eigenvalue weighted by atomic mass is 35.5. The van der Waals surface area contributed by atoms with Crippen LogP contribution >= 0.6 is 34.8 Å². The number of hydrogen-bond donors (Lipinski definition) is 1. The lowest BCUT2D eigenvalue weighted by Crippen LogP contribution is -2.23. The molecule has 0 spiro atoms. The van der Waals surface area contributed by atoms with E-state index in [1.165, 1.54) is 0 Å². The van der Waals surface area contributed by atoms with Crippen LogP contribution in [0, 0.1) is 0 Å². The normalized spacial score (nSPS) is 12.4. The summed E-state index contributed by atoms with van der Waals surface area (Å²) in [5.41, 5.74) is 2.01. The molecule has 1 atom stereocenters. The van der Waals surface area contributed by atoms with Gasteiger partial charge in [0.1, 0.15) is 0 Å². The van der Waals surface area contributed by atoms with Crippen molar-refractivity contribution in [2.75, 3.05) is 6.54 Å². The zero-order valence-electron chi connectivity index (χ0n) is 11.0. The van der Waals surface area contributed by atoms with Crippen LogP contribution in [0.4, 0.5) is 0 Å². The van der Waals surface area contributed by atoms with E-state index in [0.717, 1.165) is 24.1 Å². The summed E-state index contributed by atoms with van der Waals surface area (Å²) < 4.78 is 0. The van der Waals surface area contributed by atoms with E-state index in [2.05, 4.69) is 17.2 Å². The molecule has 1 N–H and O–H groups in total. The minimum absolute atomic E-state index is 0.0612. The minimum atomic E-state index is 0.0612. The summed E-state index contributed by atoms with van der Waals surface area (Å²) in [7, 11) is 0. The zero-order chi connectivity index (χ0) is 14.5. The smallest absolute Gasteiger partial charge is 0.0640 e. The van der Waals surface area contributed by atoms with Gasteiger partial charge < -0.3 is 5.32 Å². The van der Waals surface area contributed by atoms with Crippen LogP contribution in [0.3, 0.4) is 0 Å². The van der Waals surface area contributed by atoms with Crippen LogP contribution in [0.2, 0.25) is 15.1 Å². The van der Waals surface area contributed by atoms with Crippen molar-refractivity contribution in [3.8, 4) is 0 Å². The number of hydrogen-bond acceptors (Lipinski definition) is 2. The van der Waals surface area contributed by atoms with Gasteiger partial charge in [-0.15, -0.1) is 0 Å². The molecule has 1 unspecified atom stereocenters. The highest BCUT2D eigenvalue weighted by Crippen LogP contribution is 2.32. The molecular formula is C15H15Cl3N2. The predicted octanol–water partition coefficient (Wildman–Crippen LogP) is 4.94. The molecule has 2 aromatic rings. The number of rotatable bonds is 5. The van der Waals surface area contributed by atoms with Crippen LogP contribution in [-0.4, -0.2) is 11.5 Å². The molecule has 2 nitrogen and oxygen atoms in total. The summed E-state index contributed by atoms with van der Waals surface area (Å²) in [6, 6.07) is 7.66. The summed E-state index contributed by atoms with van der Waals surface area (Å²) in [4.78, 5) is 4.00.